The first kappa shape index (κ1) is 16.0. The zero-order valence-corrected chi connectivity index (χ0v) is 12.8. The fraction of sp³-hybridized carbons (Fsp3) is 1.00. The first-order valence-corrected chi connectivity index (χ1v) is 9.35. The Balaban J connectivity index is 2.55. The first-order chi connectivity index (χ1) is 8.59. The molecule has 1 saturated carbocycles. The Morgan fingerprint density at radius 2 is 1.83 bits per heavy atom. The maximum absolute atomic E-state index is 12.1. The van der Waals surface area contributed by atoms with E-state index in [1.807, 2.05) is 6.92 Å². The van der Waals surface area contributed by atoms with Crippen LogP contribution in [0.4, 0.5) is 0 Å². The summed E-state index contributed by atoms with van der Waals surface area (Å²) < 4.78 is 24.2. The van der Waals surface area contributed by atoms with Crippen LogP contribution in [0.2, 0.25) is 0 Å². The third-order valence-corrected chi connectivity index (χ3v) is 5.71. The average Bonchev–Trinajstić information content (AvgIpc) is 2.37. The van der Waals surface area contributed by atoms with Gasteiger partial charge in [0.15, 0.2) is 9.84 Å². The third kappa shape index (κ3) is 5.70. The van der Waals surface area contributed by atoms with E-state index in [0.717, 1.165) is 19.4 Å². The van der Waals surface area contributed by atoms with Crippen molar-refractivity contribution in [3.05, 3.63) is 0 Å². The molecule has 1 N–H and O–H groups in total. The van der Waals surface area contributed by atoms with E-state index in [9.17, 15) is 8.42 Å². The molecule has 1 atom stereocenters. The minimum absolute atomic E-state index is 0.178. The summed E-state index contributed by atoms with van der Waals surface area (Å²) in [7, 11) is -2.88. The molecule has 0 radical (unpaired) electrons. The van der Waals surface area contributed by atoms with E-state index in [0.29, 0.717) is 17.4 Å². The summed E-state index contributed by atoms with van der Waals surface area (Å²) in [6, 6.07) is 0.178. The number of hydrogen-bond acceptors (Lipinski definition) is 3. The Kier molecular flexibility index (Phi) is 7.23. The lowest BCUT2D eigenvalue weighted by Crippen LogP contribution is -2.42. The van der Waals surface area contributed by atoms with Crippen molar-refractivity contribution >= 4 is 9.84 Å². The fourth-order valence-electron chi connectivity index (χ4n) is 2.88. The van der Waals surface area contributed by atoms with Gasteiger partial charge in [-0.15, -0.1) is 0 Å². The SMILES string of the molecule is CCCCS(=O)(=O)CC(NCC)C1CCCCC1. The standard InChI is InChI=1S/C14H29NO2S/c1-3-5-11-18(16,17)12-14(15-4-2)13-9-7-6-8-10-13/h13-15H,3-12H2,1-2H3. The highest BCUT2D eigenvalue weighted by Crippen LogP contribution is 2.27. The molecule has 4 heteroatoms. The second-order valence-corrected chi connectivity index (χ2v) is 7.76. The lowest BCUT2D eigenvalue weighted by molar-refractivity contribution is 0.285. The first-order valence-electron chi connectivity index (χ1n) is 7.53. The van der Waals surface area contributed by atoms with E-state index < -0.39 is 9.84 Å². The molecule has 0 aromatic carbocycles. The van der Waals surface area contributed by atoms with Gasteiger partial charge in [-0.2, -0.15) is 0 Å². The van der Waals surface area contributed by atoms with Crippen LogP contribution < -0.4 is 5.32 Å². The third-order valence-electron chi connectivity index (χ3n) is 3.93. The maximum atomic E-state index is 12.1. The fourth-order valence-corrected chi connectivity index (χ4v) is 4.71. The van der Waals surface area contributed by atoms with Crippen LogP contribution in [0.5, 0.6) is 0 Å². The van der Waals surface area contributed by atoms with Crippen LogP contribution in [-0.2, 0) is 9.84 Å². The van der Waals surface area contributed by atoms with E-state index in [-0.39, 0.29) is 6.04 Å². The molecular weight excluding hydrogens is 246 g/mol. The van der Waals surface area contributed by atoms with Gasteiger partial charge in [0.05, 0.1) is 11.5 Å². The molecule has 0 aromatic rings. The van der Waals surface area contributed by atoms with Crippen LogP contribution >= 0.6 is 0 Å². The van der Waals surface area contributed by atoms with Crippen molar-refractivity contribution in [1.82, 2.24) is 5.32 Å². The van der Waals surface area contributed by atoms with Crippen molar-refractivity contribution < 1.29 is 8.42 Å². The van der Waals surface area contributed by atoms with E-state index in [4.69, 9.17) is 0 Å². The van der Waals surface area contributed by atoms with Gasteiger partial charge < -0.3 is 5.32 Å². The molecule has 0 aliphatic heterocycles. The molecule has 0 bridgehead atoms. The molecule has 1 fully saturated rings. The maximum Gasteiger partial charge on any atom is 0.151 e. The summed E-state index contributed by atoms with van der Waals surface area (Å²) in [4.78, 5) is 0. The Morgan fingerprint density at radius 1 is 1.17 bits per heavy atom. The monoisotopic (exact) mass is 275 g/mol. The highest BCUT2D eigenvalue weighted by molar-refractivity contribution is 7.91. The van der Waals surface area contributed by atoms with E-state index in [2.05, 4.69) is 12.2 Å². The number of nitrogens with one attached hydrogen (secondary N) is 1. The Labute approximate surface area is 113 Å². The van der Waals surface area contributed by atoms with Gasteiger partial charge in [-0.3, -0.25) is 0 Å². The number of sulfone groups is 1. The molecule has 0 saturated heterocycles. The molecule has 0 spiro atoms. The highest BCUT2D eigenvalue weighted by Gasteiger charge is 2.27. The van der Waals surface area contributed by atoms with Crippen molar-refractivity contribution in [3.8, 4) is 0 Å². The smallest absolute Gasteiger partial charge is 0.151 e. The second-order valence-electron chi connectivity index (χ2n) is 5.53. The summed E-state index contributed by atoms with van der Waals surface area (Å²) in [5, 5.41) is 3.41. The molecule has 18 heavy (non-hydrogen) atoms. The predicted molar refractivity (Wildman–Crippen MR) is 77.6 cm³/mol. The number of unbranched alkanes of at least 4 members (excludes halogenated alkanes) is 1. The van der Waals surface area contributed by atoms with E-state index in [1.54, 1.807) is 0 Å². The lowest BCUT2D eigenvalue weighted by Gasteiger charge is -2.30. The molecule has 0 heterocycles. The van der Waals surface area contributed by atoms with Crippen molar-refractivity contribution in [3.63, 3.8) is 0 Å². The molecule has 3 nitrogen and oxygen atoms in total. The van der Waals surface area contributed by atoms with Crippen molar-refractivity contribution in [1.29, 1.82) is 0 Å². The summed E-state index contributed by atoms with van der Waals surface area (Å²) >= 11 is 0. The predicted octanol–water partition coefficient (Wildman–Crippen LogP) is 2.76. The number of rotatable bonds is 8. The molecule has 1 rings (SSSR count). The van der Waals surface area contributed by atoms with Gasteiger partial charge in [0.25, 0.3) is 0 Å². The number of hydrogen-bond donors (Lipinski definition) is 1. The molecule has 1 aliphatic carbocycles. The minimum atomic E-state index is -2.88. The van der Waals surface area contributed by atoms with Gasteiger partial charge in [-0.1, -0.05) is 39.5 Å². The normalized spacial score (nSPS) is 19.9. The summed E-state index contributed by atoms with van der Waals surface area (Å²) in [6.07, 6.45) is 7.99. The summed E-state index contributed by atoms with van der Waals surface area (Å²) in [5.41, 5.74) is 0. The van der Waals surface area contributed by atoms with Crippen LogP contribution in [0.3, 0.4) is 0 Å². The highest BCUT2D eigenvalue weighted by atomic mass is 32.2. The van der Waals surface area contributed by atoms with Crippen LogP contribution in [0.25, 0.3) is 0 Å². The van der Waals surface area contributed by atoms with Crippen molar-refractivity contribution in [2.45, 2.75) is 64.8 Å². The van der Waals surface area contributed by atoms with Crippen LogP contribution in [-0.4, -0.2) is 32.5 Å². The van der Waals surface area contributed by atoms with Crippen molar-refractivity contribution in [2.75, 3.05) is 18.1 Å². The van der Waals surface area contributed by atoms with Crippen LogP contribution in [0.15, 0.2) is 0 Å². The summed E-state index contributed by atoms with van der Waals surface area (Å²) in [6.45, 7) is 4.97. The molecule has 0 aromatic heterocycles. The van der Waals surface area contributed by atoms with E-state index >= 15 is 0 Å². The molecule has 1 unspecified atom stereocenters. The van der Waals surface area contributed by atoms with E-state index in [1.165, 1.54) is 32.1 Å². The van der Waals surface area contributed by atoms with Crippen LogP contribution in [0.1, 0.15) is 58.8 Å². The Morgan fingerprint density at radius 3 is 2.39 bits per heavy atom. The zero-order valence-electron chi connectivity index (χ0n) is 12.0. The van der Waals surface area contributed by atoms with Gasteiger partial charge in [0, 0.05) is 6.04 Å². The molecule has 0 amide bonds. The quantitative estimate of drug-likeness (QED) is 0.741. The van der Waals surface area contributed by atoms with Gasteiger partial charge >= 0.3 is 0 Å². The topological polar surface area (TPSA) is 46.2 Å². The van der Waals surface area contributed by atoms with Gasteiger partial charge in [-0.05, 0) is 31.7 Å². The molecule has 108 valence electrons. The Hall–Kier alpha value is -0.0900. The van der Waals surface area contributed by atoms with Gasteiger partial charge in [-0.25, -0.2) is 8.42 Å². The van der Waals surface area contributed by atoms with Gasteiger partial charge in [0.2, 0.25) is 0 Å². The largest absolute Gasteiger partial charge is 0.313 e. The van der Waals surface area contributed by atoms with Crippen LogP contribution in [0, 0.1) is 5.92 Å². The van der Waals surface area contributed by atoms with Crippen molar-refractivity contribution in [2.24, 2.45) is 5.92 Å². The lowest BCUT2D eigenvalue weighted by atomic mass is 9.84. The molecular formula is C14H29NO2S. The molecule has 1 aliphatic rings. The zero-order chi connectivity index (χ0) is 13.4. The summed E-state index contributed by atoms with van der Waals surface area (Å²) in [5.74, 6) is 1.26. The second kappa shape index (κ2) is 8.16. The minimum Gasteiger partial charge on any atom is -0.313 e. The average molecular weight is 275 g/mol. The van der Waals surface area contributed by atoms with Gasteiger partial charge in [0.1, 0.15) is 0 Å². The Bertz CT molecular complexity index is 308.